The molecule has 1 heterocycles. The highest BCUT2D eigenvalue weighted by atomic mass is 35.5. The molecular weight excluding hydrogens is 160 g/mol. The van der Waals surface area contributed by atoms with Gasteiger partial charge in [0.1, 0.15) is 5.49 Å². The summed E-state index contributed by atoms with van der Waals surface area (Å²) in [4.78, 5) is 0. The van der Waals surface area contributed by atoms with Gasteiger partial charge in [0, 0.05) is 11.9 Å². The zero-order valence-corrected chi connectivity index (χ0v) is 7.02. The molecule has 58 valence electrons. The monoisotopic (exact) mass is 168 g/mol. The van der Waals surface area contributed by atoms with Gasteiger partial charge >= 0.3 is 0 Å². The fourth-order valence-electron chi connectivity index (χ4n) is 0.791. The first-order valence-corrected chi connectivity index (χ1v) is 3.58. The molecule has 1 N–H and O–H groups in total. The second-order valence-electron chi connectivity index (χ2n) is 2.34. The first-order valence-electron chi connectivity index (χ1n) is 3.20. The van der Waals surface area contributed by atoms with Crippen molar-refractivity contribution < 1.29 is 0 Å². The lowest BCUT2D eigenvalue weighted by Gasteiger charge is -2.04. The molecule has 0 unspecified atom stereocenters. The van der Waals surface area contributed by atoms with Gasteiger partial charge in [-0.25, -0.2) is 0 Å². The molecule has 0 amide bonds. The maximum absolute atomic E-state index is 7.44. The molecule has 0 radical (unpaired) electrons. The standard InChI is InChI=1S/C8H9ClN2/c1-6(2)11-5-7(9)3-4-8(11)10/h3-5,10H,1H2,2H3. The van der Waals surface area contributed by atoms with Crippen LogP contribution in [0, 0.1) is 5.41 Å². The van der Waals surface area contributed by atoms with Gasteiger partial charge in [0.15, 0.2) is 0 Å². The summed E-state index contributed by atoms with van der Waals surface area (Å²) in [6, 6.07) is 3.32. The molecule has 0 fully saturated rings. The highest BCUT2D eigenvalue weighted by Gasteiger charge is 1.92. The second kappa shape index (κ2) is 2.93. The first-order chi connectivity index (χ1) is 5.11. The minimum absolute atomic E-state index is 0.391. The summed E-state index contributed by atoms with van der Waals surface area (Å²) >= 11 is 5.72. The van der Waals surface area contributed by atoms with Gasteiger partial charge in [-0.15, -0.1) is 0 Å². The molecule has 0 aliphatic carbocycles. The normalized spacial score (nSPS) is 9.64. The SMILES string of the molecule is C=C(C)n1cc(Cl)ccc1=N. The molecule has 11 heavy (non-hydrogen) atoms. The van der Waals surface area contributed by atoms with Crippen molar-refractivity contribution in [1.29, 1.82) is 5.41 Å². The highest BCUT2D eigenvalue weighted by molar-refractivity contribution is 6.30. The topological polar surface area (TPSA) is 28.8 Å². The van der Waals surface area contributed by atoms with Crippen molar-refractivity contribution in [2.75, 3.05) is 0 Å². The fraction of sp³-hybridized carbons (Fsp3) is 0.125. The third kappa shape index (κ3) is 1.71. The lowest BCUT2D eigenvalue weighted by molar-refractivity contribution is 0.941. The van der Waals surface area contributed by atoms with Crippen LogP contribution in [0.2, 0.25) is 5.02 Å². The van der Waals surface area contributed by atoms with Gasteiger partial charge in [-0.1, -0.05) is 18.2 Å². The predicted octanol–water partition coefficient (Wildman–Crippen LogP) is 2.11. The van der Waals surface area contributed by atoms with Gasteiger partial charge in [-0.05, 0) is 19.1 Å². The Morgan fingerprint density at radius 3 is 2.73 bits per heavy atom. The number of rotatable bonds is 1. The van der Waals surface area contributed by atoms with Gasteiger partial charge in [-0.2, -0.15) is 0 Å². The lowest BCUT2D eigenvalue weighted by atomic mass is 10.4. The van der Waals surface area contributed by atoms with E-state index in [1.807, 2.05) is 6.92 Å². The van der Waals surface area contributed by atoms with Crippen LogP contribution < -0.4 is 5.49 Å². The number of allylic oxidation sites excluding steroid dienone is 1. The molecule has 0 saturated heterocycles. The summed E-state index contributed by atoms with van der Waals surface area (Å²) in [6.07, 6.45) is 1.67. The van der Waals surface area contributed by atoms with Crippen LogP contribution in [-0.4, -0.2) is 4.57 Å². The van der Waals surface area contributed by atoms with Crippen LogP contribution in [0.3, 0.4) is 0 Å². The molecule has 0 saturated carbocycles. The van der Waals surface area contributed by atoms with Crippen LogP contribution in [-0.2, 0) is 0 Å². The van der Waals surface area contributed by atoms with Gasteiger partial charge in [0.05, 0.1) is 5.02 Å². The van der Waals surface area contributed by atoms with Crippen LogP contribution in [0.25, 0.3) is 5.70 Å². The molecule has 0 aliphatic rings. The molecule has 1 aromatic rings. The second-order valence-corrected chi connectivity index (χ2v) is 2.77. The minimum atomic E-state index is 0.391. The molecule has 0 aromatic carbocycles. The Bertz CT molecular complexity index is 338. The number of aromatic nitrogens is 1. The summed E-state index contributed by atoms with van der Waals surface area (Å²) in [5, 5.41) is 8.06. The number of nitrogens with one attached hydrogen (secondary N) is 1. The van der Waals surface area contributed by atoms with E-state index in [-0.39, 0.29) is 0 Å². The molecule has 3 heteroatoms. The Morgan fingerprint density at radius 2 is 2.27 bits per heavy atom. The van der Waals surface area contributed by atoms with Crippen molar-refractivity contribution in [2.24, 2.45) is 0 Å². The molecular formula is C8H9ClN2. The fourth-order valence-corrected chi connectivity index (χ4v) is 0.951. The Morgan fingerprint density at radius 1 is 1.64 bits per heavy atom. The summed E-state index contributed by atoms with van der Waals surface area (Å²) in [6.45, 7) is 5.54. The van der Waals surface area contributed by atoms with E-state index in [0.717, 1.165) is 5.70 Å². The average Bonchev–Trinajstić information content (AvgIpc) is 1.94. The summed E-state index contributed by atoms with van der Waals surface area (Å²) in [5.41, 5.74) is 1.18. The lowest BCUT2D eigenvalue weighted by Crippen LogP contribution is -2.15. The van der Waals surface area contributed by atoms with Crippen molar-refractivity contribution in [3.8, 4) is 0 Å². The van der Waals surface area contributed by atoms with E-state index in [2.05, 4.69) is 6.58 Å². The smallest absolute Gasteiger partial charge is 0.129 e. The van der Waals surface area contributed by atoms with E-state index in [0.29, 0.717) is 10.5 Å². The molecule has 0 atom stereocenters. The molecule has 0 spiro atoms. The predicted molar refractivity (Wildman–Crippen MR) is 46.3 cm³/mol. The largest absolute Gasteiger partial charge is 0.306 e. The number of halogens is 1. The van der Waals surface area contributed by atoms with E-state index in [1.54, 1.807) is 22.9 Å². The highest BCUT2D eigenvalue weighted by Crippen LogP contribution is 2.05. The number of hydrogen-bond acceptors (Lipinski definition) is 1. The van der Waals surface area contributed by atoms with Crippen LogP contribution in [0.4, 0.5) is 0 Å². The van der Waals surface area contributed by atoms with Gasteiger partial charge in [0.2, 0.25) is 0 Å². The van der Waals surface area contributed by atoms with Crippen molar-refractivity contribution in [3.63, 3.8) is 0 Å². The first kappa shape index (κ1) is 8.08. The van der Waals surface area contributed by atoms with Crippen molar-refractivity contribution in [3.05, 3.63) is 35.4 Å². The van der Waals surface area contributed by atoms with E-state index in [9.17, 15) is 0 Å². The minimum Gasteiger partial charge on any atom is -0.306 e. The zero-order chi connectivity index (χ0) is 8.43. The van der Waals surface area contributed by atoms with Gasteiger partial charge in [0.25, 0.3) is 0 Å². The van der Waals surface area contributed by atoms with Crippen molar-refractivity contribution in [1.82, 2.24) is 4.57 Å². The number of hydrogen-bond donors (Lipinski definition) is 1. The Kier molecular flexibility index (Phi) is 2.15. The maximum Gasteiger partial charge on any atom is 0.129 e. The van der Waals surface area contributed by atoms with Gasteiger partial charge < -0.3 is 4.57 Å². The molecule has 2 nitrogen and oxygen atoms in total. The van der Waals surface area contributed by atoms with E-state index in [4.69, 9.17) is 17.0 Å². The Balaban J connectivity index is 3.35. The van der Waals surface area contributed by atoms with Gasteiger partial charge in [-0.3, -0.25) is 5.41 Å². The summed E-state index contributed by atoms with van der Waals surface area (Å²) in [7, 11) is 0. The molecule has 0 bridgehead atoms. The van der Waals surface area contributed by atoms with E-state index >= 15 is 0 Å². The molecule has 1 aromatic heterocycles. The average molecular weight is 169 g/mol. The van der Waals surface area contributed by atoms with Crippen LogP contribution in [0.1, 0.15) is 6.92 Å². The zero-order valence-electron chi connectivity index (χ0n) is 6.26. The van der Waals surface area contributed by atoms with Crippen LogP contribution in [0.15, 0.2) is 24.9 Å². The quantitative estimate of drug-likeness (QED) is 0.666. The molecule has 1 rings (SSSR count). The Labute approximate surface area is 70.3 Å². The van der Waals surface area contributed by atoms with Crippen molar-refractivity contribution in [2.45, 2.75) is 6.92 Å². The number of pyridine rings is 1. The van der Waals surface area contributed by atoms with E-state index < -0.39 is 0 Å². The maximum atomic E-state index is 7.44. The third-order valence-electron chi connectivity index (χ3n) is 1.32. The Hall–Kier alpha value is -1.02. The number of nitrogens with zero attached hydrogens (tertiary/aromatic N) is 1. The third-order valence-corrected chi connectivity index (χ3v) is 1.55. The molecule has 0 aliphatic heterocycles. The van der Waals surface area contributed by atoms with Crippen LogP contribution >= 0.6 is 11.6 Å². The summed E-state index contributed by atoms with van der Waals surface area (Å²) < 4.78 is 1.63. The summed E-state index contributed by atoms with van der Waals surface area (Å²) in [5.74, 6) is 0. The van der Waals surface area contributed by atoms with Crippen molar-refractivity contribution >= 4 is 17.3 Å². The van der Waals surface area contributed by atoms with Crippen LogP contribution in [0.5, 0.6) is 0 Å². The van der Waals surface area contributed by atoms with E-state index in [1.165, 1.54) is 0 Å².